The van der Waals surface area contributed by atoms with Crippen molar-refractivity contribution in [1.29, 1.82) is 0 Å². The minimum absolute atomic E-state index is 0.231. The average Bonchev–Trinajstić information content (AvgIpc) is 2.34. The van der Waals surface area contributed by atoms with Crippen molar-refractivity contribution in [2.45, 2.75) is 38.5 Å². The molecule has 0 radical (unpaired) electrons. The number of rotatable bonds is 3. The van der Waals surface area contributed by atoms with Crippen LogP contribution in [0.15, 0.2) is 18.2 Å². The van der Waals surface area contributed by atoms with Crippen molar-refractivity contribution in [3.8, 4) is 0 Å². The maximum absolute atomic E-state index is 13.3. The quantitative estimate of drug-likeness (QED) is 0.859. The zero-order chi connectivity index (χ0) is 13.2. The van der Waals surface area contributed by atoms with Crippen molar-refractivity contribution >= 4 is 0 Å². The second-order valence-electron chi connectivity index (χ2n) is 5.40. The van der Waals surface area contributed by atoms with Gasteiger partial charge in [0.15, 0.2) is 0 Å². The van der Waals surface area contributed by atoms with E-state index in [4.69, 9.17) is 5.73 Å². The Hall–Kier alpha value is -0.970. The highest BCUT2D eigenvalue weighted by Crippen LogP contribution is 2.22. The van der Waals surface area contributed by atoms with Crippen molar-refractivity contribution in [3.05, 3.63) is 35.1 Å². The lowest BCUT2D eigenvalue weighted by molar-refractivity contribution is -0.00730. The van der Waals surface area contributed by atoms with E-state index in [9.17, 15) is 9.50 Å². The Morgan fingerprint density at radius 3 is 2.67 bits per heavy atom. The minimum atomic E-state index is -0.526. The third kappa shape index (κ3) is 3.28. The molecular weight excluding hydrogens is 231 g/mol. The maximum atomic E-state index is 13.3. The summed E-state index contributed by atoms with van der Waals surface area (Å²) >= 11 is 0. The Bertz CT molecular complexity index is 410. The van der Waals surface area contributed by atoms with E-state index in [1.54, 1.807) is 6.07 Å². The molecule has 100 valence electrons. The van der Waals surface area contributed by atoms with Crippen LogP contribution in [0.5, 0.6) is 0 Å². The van der Waals surface area contributed by atoms with Crippen LogP contribution in [0.4, 0.5) is 4.39 Å². The second-order valence-corrected chi connectivity index (χ2v) is 5.40. The summed E-state index contributed by atoms with van der Waals surface area (Å²) in [6, 6.07) is 5.13. The molecule has 1 saturated heterocycles. The number of nitrogens with two attached hydrogens (primary N) is 1. The van der Waals surface area contributed by atoms with Gasteiger partial charge in [-0.2, -0.15) is 0 Å². The summed E-state index contributed by atoms with van der Waals surface area (Å²) in [6.45, 7) is 4.66. The van der Waals surface area contributed by atoms with Gasteiger partial charge in [-0.25, -0.2) is 4.39 Å². The summed E-state index contributed by atoms with van der Waals surface area (Å²) in [6.07, 6.45) is 1.58. The first kappa shape index (κ1) is 13.5. The molecule has 0 unspecified atom stereocenters. The van der Waals surface area contributed by atoms with Gasteiger partial charge in [0.25, 0.3) is 0 Å². The fourth-order valence-corrected chi connectivity index (χ4v) is 2.33. The maximum Gasteiger partial charge on any atom is 0.127 e. The molecule has 0 atom stereocenters. The first-order valence-electron chi connectivity index (χ1n) is 6.42. The van der Waals surface area contributed by atoms with Gasteiger partial charge >= 0.3 is 0 Å². The summed E-state index contributed by atoms with van der Waals surface area (Å²) in [5, 5.41) is 9.88. The number of piperidine rings is 1. The molecule has 0 aromatic heterocycles. The van der Waals surface area contributed by atoms with E-state index in [2.05, 4.69) is 4.90 Å². The standard InChI is InChI=1S/C14H21FN2O/c1-14(18)4-6-17(7-5-14)10-11-2-3-13(15)12(8-11)9-16/h2-3,8,18H,4-7,9-10,16H2,1H3. The smallest absolute Gasteiger partial charge is 0.127 e. The van der Waals surface area contributed by atoms with Crippen LogP contribution in [-0.2, 0) is 13.1 Å². The van der Waals surface area contributed by atoms with Crippen molar-refractivity contribution < 1.29 is 9.50 Å². The van der Waals surface area contributed by atoms with Gasteiger partial charge < -0.3 is 10.8 Å². The van der Waals surface area contributed by atoms with Crippen LogP contribution in [0.1, 0.15) is 30.9 Å². The number of nitrogens with zero attached hydrogens (tertiary/aromatic N) is 1. The van der Waals surface area contributed by atoms with E-state index in [-0.39, 0.29) is 12.4 Å². The topological polar surface area (TPSA) is 49.5 Å². The number of hydrogen-bond acceptors (Lipinski definition) is 3. The number of halogens is 1. The molecule has 1 fully saturated rings. The first-order chi connectivity index (χ1) is 8.50. The molecular formula is C14H21FN2O. The van der Waals surface area contributed by atoms with E-state index < -0.39 is 5.60 Å². The Morgan fingerprint density at radius 1 is 1.39 bits per heavy atom. The Balaban J connectivity index is 1.98. The summed E-state index contributed by atoms with van der Waals surface area (Å²) in [7, 11) is 0. The summed E-state index contributed by atoms with van der Waals surface area (Å²) in [5.41, 5.74) is 6.62. The molecule has 0 amide bonds. The molecule has 0 bridgehead atoms. The predicted molar refractivity (Wildman–Crippen MR) is 69.4 cm³/mol. The van der Waals surface area contributed by atoms with E-state index >= 15 is 0 Å². The van der Waals surface area contributed by atoms with Crippen LogP contribution < -0.4 is 5.73 Å². The molecule has 0 spiro atoms. The molecule has 1 aliphatic rings. The highest BCUT2D eigenvalue weighted by molar-refractivity contribution is 5.25. The number of hydrogen-bond donors (Lipinski definition) is 2. The van der Waals surface area contributed by atoms with E-state index in [1.807, 2.05) is 13.0 Å². The van der Waals surface area contributed by atoms with Crippen LogP contribution in [-0.4, -0.2) is 28.7 Å². The largest absolute Gasteiger partial charge is 0.390 e. The molecule has 1 aromatic carbocycles. The lowest BCUT2D eigenvalue weighted by atomic mass is 9.93. The SMILES string of the molecule is CC1(O)CCN(Cc2ccc(F)c(CN)c2)CC1. The molecule has 2 rings (SSSR count). The lowest BCUT2D eigenvalue weighted by Crippen LogP contribution is -2.41. The summed E-state index contributed by atoms with van der Waals surface area (Å²) < 4.78 is 13.3. The number of likely N-dealkylation sites (tertiary alicyclic amines) is 1. The third-order valence-electron chi connectivity index (χ3n) is 3.67. The van der Waals surface area contributed by atoms with E-state index in [0.29, 0.717) is 5.56 Å². The second kappa shape index (κ2) is 5.34. The van der Waals surface area contributed by atoms with Crippen molar-refractivity contribution in [1.82, 2.24) is 4.90 Å². The summed E-state index contributed by atoms with van der Waals surface area (Å²) in [4.78, 5) is 2.28. The molecule has 1 heterocycles. The fourth-order valence-electron chi connectivity index (χ4n) is 2.33. The van der Waals surface area contributed by atoms with Gasteiger partial charge in [-0.1, -0.05) is 12.1 Å². The number of aliphatic hydroxyl groups is 1. The van der Waals surface area contributed by atoms with Gasteiger partial charge in [-0.05, 0) is 31.4 Å². The van der Waals surface area contributed by atoms with E-state index in [0.717, 1.165) is 38.0 Å². The van der Waals surface area contributed by atoms with Gasteiger partial charge in [0.1, 0.15) is 5.82 Å². The molecule has 3 nitrogen and oxygen atoms in total. The van der Waals surface area contributed by atoms with Crippen LogP contribution in [0, 0.1) is 5.82 Å². The Morgan fingerprint density at radius 2 is 2.06 bits per heavy atom. The molecule has 4 heteroatoms. The molecule has 0 aliphatic carbocycles. The van der Waals surface area contributed by atoms with Gasteiger partial charge in [0.2, 0.25) is 0 Å². The van der Waals surface area contributed by atoms with Gasteiger partial charge in [0, 0.05) is 31.7 Å². The average molecular weight is 252 g/mol. The molecule has 1 aromatic rings. The lowest BCUT2D eigenvalue weighted by Gasteiger charge is -2.35. The number of benzene rings is 1. The minimum Gasteiger partial charge on any atom is -0.390 e. The fraction of sp³-hybridized carbons (Fsp3) is 0.571. The van der Waals surface area contributed by atoms with Crippen LogP contribution >= 0.6 is 0 Å². The zero-order valence-electron chi connectivity index (χ0n) is 10.8. The monoisotopic (exact) mass is 252 g/mol. The van der Waals surface area contributed by atoms with E-state index in [1.165, 1.54) is 6.07 Å². The van der Waals surface area contributed by atoms with Gasteiger partial charge in [-0.3, -0.25) is 4.90 Å². The molecule has 1 aliphatic heterocycles. The van der Waals surface area contributed by atoms with Crippen molar-refractivity contribution in [3.63, 3.8) is 0 Å². The van der Waals surface area contributed by atoms with Crippen LogP contribution in [0.25, 0.3) is 0 Å². The molecule has 18 heavy (non-hydrogen) atoms. The normalized spacial score (nSPS) is 20.0. The highest BCUT2D eigenvalue weighted by atomic mass is 19.1. The first-order valence-corrected chi connectivity index (χ1v) is 6.42. The van der Waals surface area contributed by atoms with Crippen LogP contribution in [0.3, 0.4) is 0 Å². The third-order valence-corrected chi connectivity index (χ3v) is 3.67. The Labute approximate surface area is 107 Å². The zero-order valence-corrected chi connectivity index (χ0v) is 10.8. The summed E-state index contributed by atoms with van der Waals surface area (Å²) in [5.74, 6) is -0.233. The van der Waals surface area contributed by atoms with Gasteiger partial charge in [-0.15, -0.1) is 0 Å². The Kier molecular flexibility index (Phi) is 4.00. The van der Waals surface area contributed by atoms with Crippen molar-refractivity contribution in [2.24, 2.45) is 5.73 Å². The van der Waals surface area contributed by atoms with Crippen LogP contribution in [0.2, 0.25) is 0 Å². The van der Waals surface area contributed by atoms with Gasteiger partial charge in [0.05, 0.1) is 5.60 Å². The molecule has 3 N–H and O–H groups in total. The highest BCUT2D eigenvalue weighted by Gasteiger charge is 2.27. The van der Waals surface area contributed by atoms with Crippen molar-refractivity contribution in [2.75, 3.05) is 13.1 Å². The molecule has 0 saturated carbocycles. The predicted octanol–water partition coefficient (Wildman–Crippen LogP) is 1.63.